The molecule has 2 aromatic rings. The molecule has 0 saturated heterocycles. The van der Waals surface area contributed by atoms with Crippen molar-refractivity contribution in [3.63, 3.8) is 0 Å². The van der Waals surface area contributed by atoms with Gasteiger partial charge in [0.15, 0.2) is 0 Å². The van der Waals surface area contributed by atoms with Crippen LogP contribution in [0.1, 0.15) is 17.3 Å². The Balaban J connectivity index is 2.38. The summed E-state index contributed by atoms with van der Waals surface area (Å²) in [5.41, 5.74) is 8.27. The fraction of sp³-hybridized carbons (Fsp3) is 0.133. The molecule has 2 aromatic carbocycles. The molecule has 0 saturated carbocycles. The van der Waals surface area contributed by atoms with Gasteiger partial charge in [0.1, 0.15) is 0 Å². The van der Waals surface area contributed by atoms with E-state index in [0.29, 0.717) is 28.5 Å². The molecule has 4 N–H and O–H groups in total. The summed E-state index contributed by atoms with van der Waals surface area (Å²) < 4.78 is 1.04. The number of anilines is 3. The molecule has 0 radical (unpaired) electrons. The van der Waals surface area contributed by atoms with Crippen molar-refractivity contribution in [3.8, 4) is 0 Å². The lowest BCUT2D eigenvalue weighted by Gasteiger charge is -2.14. The van der Waals surface area contributed by atoms with Crippen LogP contribution in [-0.2, 0) is 0 Å². The first-order valence-corrected chi connectivity index (χ1v) is 7.86. The van der Waals surface area contributed by atoms with Gasteiger partial charge in [0.2, 0.25) is 0 Å². The molecule has 0 fully saturated rings. The van der Waals surface area contributed by atoms with Crippen molar-refractivity contribution >= 4 is 57.2 Å². The smallest absolute Gasteiger partial charge is 0.253 e. The summed E-state index contributed by atoms with van der Waals surface area (Å²) >= 11 is 8.40. The third-order valence-corrected chi connectivity index (χ3v) is 3.81. The van der Waals surface area contributed by atoms with Gasteiger partial charge in [-0.15, -0.1) is 0 Å². The summed E-state index contributed by atoms with van der Waals surface area (Å²) in [6.45, 7) is 2.44. The summed E-state index contributed by atoms with van der Waals surface area (Å²) in [5.74, 6) is -0.151. The van der Waals surface area contributed by atoms with E-state index < -0.39 is 0 Å². The molecule has 0 aliphatic heterocycles. The van der Waals surface area contributed by atoms with E-state index in [9.17, 15) is 4.79 Å². The van der Waals surface area contributed by atoms with Gasteiger partial charge in [-0.2, -0.15) is 0 Å². The van der Waals surface area contributed by atoms with E-state index in [1.54, 1.807) is 18.2 Å². The normalized spacial score (nSPS) is 10.2. The van der Waals surface area contributed by atoms with Crippen molar-refractivity contribution in [2.24, 2.45) is 0 Å². The van der Waals surface area contributed by atoms with Crippen molar-refractivity contribution in [2.45, 2.75) is 6.92 Å². The fourth-order valence-corrected chi connectivity index (χ4v) is 2.76. The molecular formula is C15H15ClIN3O. The predicted molar refractivity (Wildman–Crippen MR) is 96.3 cm³/mol. The molecule has 4 nitrogen and oxygen atoms in total. The number of hydrogen-bond donors (Lipinski definition) is 3. The Labute approximate surface area is 142 Å². The van der Waals surface area contributed by atoms with Crippen LogP contribution in [0.15, 0.2) is 36.4 Å². The zero-order valence-corrected chi connectivity index (χ0v) is 14.3. The van der Waals surface area contributed by atoms with E-state index in [1.807, 2.05) is 25.1 Å². The van der Waals surface area contributed by atoms with E-state index >= 15 is 0 Å². The topological polar surface area (TPSA) is 67.2 Å². The highest BCUT2D eigenvalue weighted by molar-refractivity contribution is 14.1. The summed E-state index contributed by atoms with van der Waals surface area (Å²) in [6.07, 6.45) is 0. The minimum Gasteiger partial charge on any atom is -0.399 e. The Morgan fingerprint density at radius 1 is 1.24 bits per heavy atom. The first-order valence-electron chi connectivity index (χ1n) is 6.41. The highest BCUT2D eigenvalue weighted by atomic mass is 127. The molecule has 0 aliphatic rings. The van der Waals surface area contributed by atoms with Crippen LogP contribution < -0.4 is 16.4 Å². The van der Waals surface area contributed by atoms with Gasteiger partial charge >= 0.3 is 0 Å². The second-order valence-electron chi connectivity index (χ2n) is 4.41. The van der Waals surface area contributed by atoms with E-state index in [0.717, 1.165) is 9.26 Å². The summed E-state index contributed by atoms with van der Waals surface area (Å²) in [6, 6.07) is 10.8. The van der Waals surface area contributed by atoms with Crippen molar-refractivity contribution in [2.75, 3.05) is 17.6 Å². The SMILES string of the molecule is CCNC(=O)c1ccc(N)cc1Nc1ccc(I)cc1Cl. The Kier molecular flexibility index (Phi) is 5.30. The van der Waals surface area contributed by atoms with Gasteiger partial charge in [0, 0.05) is 15.8 Å². The van der Waals surface area contributed by atoms with Crippen LogP contribution in [0.2, 0.25) is 5.02 Å². The molecule has 0 bridgehead atoms. The van der Waals surface area contributed by atoms with Gasteiger partial charge in [-0.05, 0) is 65.9 Å². The van der Waals surface area contributed by atoms with Crippen molar-refractivity contribution in [3.05, 3.63) is 50.6 Å². The average Bonchev–Trinajstić information content (AvgIpc) is 2.42. The van der Waals surface area contributed by atoms with Crippen LogP contribution in [0.4, 0.5) is 17.1 Å². The van der Waals surface area contributed by atoms with Crippen molar-refractivity contribution in [1.29, 1.82) is 0 Å². The lowest BCUT2D eigenvalue weighted by Crippen LogP contribution is -2.23. The summed E-state index contributed by atoms with van der Waals surface area (Å²) in [4.78, 5) is 12.1. The Bertz CT molecular complexity index is 676. The van der Waals surface area contributed by atoms with Gasteiger partial charge in [0.05, 0.1) is 22.0 Å². The maximum absolute atomic E-state index is 12.1. The molecule has 0 unspecified atom stereocenters. The molecule has 6 heteroatoms. The van der Waals surface area contributed by atoms with Crippen LogP contribution in [0.3, 0.4) is 0 Å². The summed E-state index contributed by atoms with van der Waals surface area (Å²) in [5, 5.41) is 6.54. The van der Waals surface area contributed by atoms with Gasteiger partial charge in [-0.1, -0.05) is 11.6 Å². The quantitative estimate of drug-likeness (QED) is 0.522. The number of nitrogens with two attached hydrogens (primary N) is 1. The second kappa shape index (κ2) is 7.00. The lowest BCUT2D eigenvalue weighted by atomic mass is 10.1. The van der Waals surface area contributed by atoms with E-state index in [1.165, 1.54) is 0 Å². The van der Waals surface area contributed by atoms with E-state index in [2.05, 4.69) is 33.2 Å². The highest BCUT2D eigenvalue weighted by Crippen LogP contribution is 2.29. The largest absolute Gasteiger partial charge is 0.399 e. The van der Waals surface area contributed by atoms with E-state index in [-0.39, 0.29) is 5.91 Å². The van der Waals surface area contributed by atoms with Crippen LogP contribution in [-0.4, -0.2) is 12.5 Å². The third-order valence-electron chi connectivity index (χ3n) is 2.83. The number of carbonyl (C=O) groups excluding carboxylic acids is 1. The van der Waals surface area contributed by atoms with Crippen LogP contribution in [0.5, 0.6) is 0 Å². The molecule has 1 amide bonds. The number of nitrogen functional groups attached to an aromatic ring is 1. The zero-order valence-electron chi connectivity index (χ0n) is 11.4. The number of carbonyl (C=O) groups is 1. The molecule has 0 atom stereocenters. The Morgan fingerprint density at radius 3 is 2.67 bits per heavy atom. The third kappa shape index (κ3) is 4.01. The Morgan fingerprint density at radius 2 is 2.00 bits per heavy atom. The highest BCUT2D eigenvalue weighted by Gasteiger charge is 2.12. The fourth-order valence-electron chi connectivity index (χ4n) is 1.86. The van der Waals surface area contributed by atoms with Crippen LogP contribution in [0.25, 0.3) is 0 Å². The zero-order chi connectivity index (χ0) is 15.4. The molecule has 21 heavy (non-hydrogen) atoms. The lowest BCUT2D eigenvalue weighted by molar-refractivity contribution is 0.0956. The minimum atomic E-state index is -0.151. The first-order chi connectivity index (χ1) is 10.0. The molecular weight excluding hydrogens is 401 g/mol. The standard InChI is InChI=1S/C15H15ClIN3O/c1-2-19-15(21)11-5-4-10(18)8-14(11)20-13-6-3-9(17)7-12(13)16/h3-8,20H,2,18H2,1H3,(H,19,21). The average molecular weight is 416 g/mol. The predicted octanol–water partition coefficient (Wildman–Crippen LogP) is 4.02. The van der Waals surface area contributed by atoms with Crippen molar-refractivity contribution in [1.82, 2.24) is 5.32 Å². The molecule has 0 aromatic heterocycles. The second-order valence-corrected chi connectivity index (χ2v) is 6.07. The number of hydrogen-bond acceptors (Lipinski definition) is 3. The van der Waals surface area contributed by atoms with Gasteiger partial charge in [0.25, 0.3) is 5.91 Å². The maximum atomic E-state index is 12.1. The summed E-state index contributed by atoms with van der Waals surface area (Å²) in [7, 11) is 0. The number of benzene rings is 2. The minimum absolute atomic E-state index is 0.151. The van der Waals surface area contributed by atoms with Gasteiger partial charge in [-0.25, -0.2) is 0 Å². The number of rotatable bonds is 4. The molecule has 0 aliphatic carbocycles. The van der Waals surface area contributed by atoms with Gasteiger partial charge in [-0.3, -0.25) is 4.79 Å². The maximum Gasteiger partial charge on any atom is 0.253 e. The monoisotopic (exact) mass is 415 g/mol. The van der Waals surface area contributed by atoms with Crippen molar-refractivity contribution < 1.29 is 4.79 Å². The molecule has 0 heterocycles. The van der Waals surface area contributed by atoms with E-state index in [4.69, 9.17) is 17.3 Å². The molecule has 2 rings (SSSR count). The number of nitrogens with one attached hydrogen (secondary N) is 2. The number of amides is 1. The number of halogens is 2. The van der Waals surface area contributed by atoms with Gasteiger partial charge < -0.3 is 16.4 Å². The first kappa shape index (κ1) is 15.9. The van der Waals surface area contributed by atoms with Crippen LogP contribution in [0, 0.1) is 3.57 Å². The Hall–Kier alpha value is -1.47. The molecule has 110 valence electrons. The molecule has 0 spiro atoms. The van der Waals surface area contributed by atoms with Crippen LogP contribution >= 0.6 is 34.2 Å².